The molecule has 3 aromatic rings. The Morgan fingerprint density at radius 1 is 1.21 bits per heavy atom. The fourth-order valence-electron chi connectivity index (χ4n) is 4.07. The lowest BCUT2D eigenvalue weighted by molar-refractivity contribution is 0.162. The van der Waals surface area contributed by atoms with E-state index in [0.29, 0.717) is 19.1 Å². The zero-order valence-electron chi connectivity index (χ0n) is 16.5. The Labute approximate surface area is 165 Å². The van der Waals surface area contributed by atoms with Gasteiger partial charge < -0.3 is 24.4 Å². The van der Waals surface area contributed by atoms with Crippen molar-refractivity contribution in [2.45, 2.75) is 32.4 Å². The van der Waals surface area contributed by atoms with Gasteiger partial charge in [0.25, 0.3) is 0 Å². The second kappa shape index (κ2) is 8.86. The first-order valence-electron chi connectivity index (χ1n) is 10.1. The average Bonchev–Trinajstić information content (AvgIpc) is 3.29. The van der Waals surface area contributed by atoms with Gasteiger partial charge in [-0.1, -0.05) is 0 Å². The average molecular weight is 383 g/mol. The lowest BCUT2D eigenvalue weighted by Gasteiger charge is -2.31. The predicted octanol–water partition coefficient (Wildman–Crippen LogP) is 2.43. The first-order chi connectivity index (χ1) is 13.8. The molecule has 1 aliphatic rings. The van der Waals surface area contributed by atoms with E-state index in [1.807, 2.05) is 30.5 Å². The Balaban J connectivity index is 1.53. The maximum absolute atomic E-state index is 5.91. The van der Waals surface area contributed by atoms with Gasteiger partial charge in [-0.2, -0.15) is 0 Å². The van der Waals surface area contributed by atoms with Crippen molar-refractivity contribution >= 4 is 11.2 Å². The van der Waals surface area contributed by atoms with E-state index in [1.54, 1.807) is 7.11 Å². The lowest BCUT2D eigenvalue weighted by Crippen LogP contribution is -2.37. The molecule has 0 aromatic carbocycles. The van der Waals surface area contributed by atoms with Gasteiger partial charge >= 0.3 is 0 Å². The standard InChI is InChI=1S/C21H29N5O2/c1-27-15-18-5-4-17(28-18)14-26-20(24-19-3-2-9-23-21(19)26)13-16-6-10-25(11-7-16)12-8-22/h2-5,9,16H,6-8,10-15,22H2,1H3. The monoisotopic (exact) mass is 383 g/mol. The quantitative estimate of drug-likeness (QED) is 0.643. The van der Waals surface area contributed by atoms with Gasteiger partial charge in [0.1, 0.15) is 29.5 Å². The largest absolute Gasteiger partial charge is 0.462 e. The third kappa shape index (κ3) is 4.27. The number of pyridine rings is 1. The number of piperidine rings is 1. The van der Waals surface area contributed by atoms with E-state index in [2.05, 4.69) is 14.5 Å². The van der Waals surface area contributed by atoms with Gasteiger partial charge in [0.2, 0.25) is 0 Å². The van der Waals surface area contributed by atoms with Crippen LogP contribution in [0.3, 0.4) is 0 Å². The van der Waals surface area contributed by atoms with Crippen LogP contribution in [0, 0.1) is 5.92 Å². The first-order valence-corrected chi connectivity index (χ1v) is 10.1. The summed E-state index contributed by atoms with van der Waals surface area (Å²) in [7, 11) is 1.67. The van der Waals surface area contributed by atoms with E-state index in [4.69, 9.17) is 19.9 Å². The van der Waals surface area contributed by atoms with E-state index >= 15 is 0 Å². The molecule has 0 spiro atoms. The number of aromatic nitrogens is 3. The number of methoxy groups -OCH3 is 1. The predicted molar refractivity (Wildman–Crippen MR) is 108 cm³/mol. The third-order valence-corrected chi connectivity index (χ3v) is 5.52. The molecular formula is C21H29N5O2. The highest BCUT2D eigenvalue weighted by atomic mass is 16.5. The van der Waals surface area contributed by atoms with Gasteiger partial charge in [0, 0.05) is 32.8 Å². The highest BCUT2D eigenvalue weighted by molar-refractivity contribution is 5.71. The fraction of sp³-hybridized carbons (Fsp3) is 0.524. The summed E-state index contributed by atoms with van der Waals surface area (Å²) < 4.78 is 13.3. The van der Waals surface area contributed by atoms with Crippen molar-refractivity contribution in [1.82, 2.24) is 19.4 Å². The summed E-state index contributed by atoms with van der Waals surface area (Å²) >= 11 is 0. The van der Waals surface area contributed by atoms with E-state index in [9.17, 15) is 0 Å². The van der Waals surface area contributed by atoms with Crippen molar-refractivity contribution in [3.8, 4) is 0 Å². The summed E-state index contributed by atoms with van der Waals surface area (Å²) in [5.41, 5.74) is 7.56. The Kier molecular flexibility index (Phi) is 6.04. The molecule has 0 saturated carbocycles. The van der Waals surface area contributed by atoms with Gasteiger partial charge in [-0.3, -0.25) is 0 Å². The second-order valence-corrected chi connectivity index (χ2v) is 7.54. The van der Waals surface area contributed by atoms with Gasteiger partial charge in [0.15, 0.2) is 5.65 Å². The summed E-state index contributed by atoms with van der Waals surface area (Å²) in [6.45, 7) is 5.10. The van der Waals surface area contributed by atoms with Crippen LogP contribution in [0.15, 0.2) is 34.9 Å². The highest BCUT2D eigenvalue weighted by Gasteiger charge is 2.22. The summed E-state index contributed by atoms with van der Waals surface area (Å²) in [5, 5.41) is 0. The summed E-state index contributed by atoms with van der Waals surface area (Å²) in [5.74, 6) is 3.47. The van der Waals surface area contributed by atoms with Gasteiger partial charge in [-0.25, -0.2) is 9.97 Å². The number of furan rings is 1. The first kappa shape index (κ1) is 19.1. The second-order valence-electron chi connectivity index (χ2n) is 7.54. The topological polar surface area (TPSA) is 82.3 Å². The number of nitrogens with two attached hydrogens (primary N) is 1. The van der Waals surface area contributed by atoms with Crippen LogP contribution in [0.4, 0.5) is 0 Å². The zero-order valence-corrected chi connectivity index (χ0v) is 16.5. The normalized spacial score (nSPS) is 16.2. The number of rotatable bonds is 8. The number of imidazole rings is 1. The highest BCUT2D eigenvalue weighted by Crippen LogP contribution is 2.24. The molecule has 2 N–H and O–H groups in total. The van der Waals surface area contributed by atoms with Crippen LogP contribution in [0.1, 0.15) is 30.2 Å². The molecule has 4 heterocycles. The molecule has 0 bridgehead atoms. The van der Waals surface area contributed by atoms with Gasteiger partial charge in [-0.05, 0) is 56.1 Å². The molecule has 7 heteroatoms. The van der Waals surface area contributed by atoms with Crippen molar-refractivity contribution < 1.29 is 9.15 Å². The van der Waals surface area contributed by atoms with Crippen molar-refractivity contribution in [2.75, 3.05) is 33.3 Å². The molecule has 1 aliphatic heterocycles. The summed E-state index contributed by atoms with van der Waals surface area (Å²) in [6.07, 6.45) is 5.18. The third-order valence-electron chi connectivity index (χ3n) is 5.52. The minimum Gasteiger partial charge on any atom is -0.462 e. The fourth-order valence-corrected chi connectivity index (χ4v) is 4.07. The minimum absolute atomic E-state index is 0.483. The molecule has 1 saturated heterocycles. The maximum Gasteiger partial charge on any atom is 0.160 e. The zero-order chi connectivity index (χ0) is 19.3. The van der Waals surface area contributed by atoms with Crippen LogP contribution in [-0.4, -0.2) is 52.7 Å². The van der Waals surface area contributed by atoms with E-state index in [1.165, 1.54) is 12.8 Å². The molecule has 1 fully saturated rings. The molecule has 0 atom stereocenters. The molecule has 0 amide bonds. The van der Waals surface area contributed by atoms with Crippen LogP contribution >= 0.6 is 0 Å². The summed E-state index contributed by atoms with van der Waals surface area (Å²) in [6, 6.07) is 7.96. The van der Waals surface area contributed by atoms with Crippen LogP contribution in [0.2, 0.25) is 0 Å². The molecule has 7 nitrogen and oxygen atoms in total. The molecule has 150 valence electrons. The molecule has 4 rings (SSSR count). The molecule has 28 heavy (non-hydrogen) atoms. The van der Waals surface area contributed by atoms with Crippen molar-refractivity contribution in [2.24, 2.45) is 11.7 Å². The van der Waals surface area contributed by atoms with Gasteiger partial charge in [-0.15, -0.1) is 0 Å². The van der Waals surface area contributed by atoms with Crippen molar-refractivity contribution in [3.63, 3.8) is 0 Å². The smallest absolute Gasteiger partial charge is 0.160 e. The minimum atomic E-state index is 0.483. The number of fused-ring (bicyclic) bond motifs is 1. The summed E-state index contributed by atoms with van der Waals surface area (Å²) in [4.78, 5) is 11.9. The van der Waals surface area contributed by atoms with E-state index < -0.39 is 0 Å². The lowest BCUT2D eigenvalue weighted by atomic mass is 9.93. The van der Waals surface area contributed by atoms with E-state index in [0.717, 1.165) is 61.1 Å². The number of nitrogens with zero attached hydrogens (tertiary/aromatic N) is 4. The Hall–Kier alpha value is -2.22. The molecular weight excluding hydrogens is 354 g/mol. The van der Waals surface area contributed by atoms with Gasteiger partial charge in [0.05, 0.1) is 6.54 Å². The van der Waals surface area contributed by atoms with Crippen molar-refractivity contribution in [1.29, 1.82) is 0 Å². The Morgan fingerprint density at radius 3 is 2.82 bits per heavy atom. The SMILES string of the molecule is COCc1ccc(Cn2c(CC3CCN(CCN)CC3)nc3cccnc32)o1. The molecule has 0 unspecified atom stereocenters. The van der Waals surface area contributed by atoms with Crippen LogP contribution in [-0.2, 0) is 24.3 Å². The number of ether oxygens (including phenoxy) is 1. The molecule has 0 aliphatic carbocycles. The van der Waals surface area contributed by atoms with Crippen molar-refractivity contribution in [3.05, 3.63) is 47.8 Å². The number of likely N-dealkylation sites (tertiary alicyclic amines) is 1. The van der Waals surface area contributed by atoms with Crippen LogP contribution in [0.5, 0.6) is 0 Å². The van der Waals surface area contributed by atoms with Crippen LogP contribution < -0.4 is 5.73 Å². The number of hydrogen-bond acceptors (Lipinski definition) is 6. The van der Waals surface area contributed by atoms with E-state index in [-0.39, 0.29) is 0 Å². The Bertz CT molecular complexity index is 895. The number of hydrogen-bond donors (Lipinski definition) is 1. The molecule has 0 radical (unpaired) electrons. The maximum atomic E-state index is 5.91. The van der Waals surface area contributed by atoms with Crippen LogP contribution in [0.25, 0.3) is 11.2 Å². The Morgan fingerprint density at radius 2 is 2.04 bits per heavy atom. The molecule has 3 aromatic heterocycles.